The molecule has 0 bridgehead atoms. The van der Waals surface area contributed by atoms with Crippen molar-refractivity contribution in [3.8, 4) is 11.5 Å². The van der Waals surface area contributed by atoms with E-state index in [0.717, 1.165) is 40.2 Å². The number of methoxy groups -OCH3 is 1. The predicted octanol–water partition coefficient (Wildman–Crippen LogP) is 4.29. The molecule has 0 aliphatic heterocycles. The zero-order valence-corrected chi connectivity index (χ0v) is 13.9. The monoisotopic (exact) mass is 349 g/mol. The van der Waals surface area contributed by atoms with Gasteiger partial charge in [0.1, 0.15) is 11.5 Å². The van der Waals surface area contributed by atoms with E-state index in [9.17, 15) is 0 Å². The molecule has 0 atom stereocenters. The Hall–Kier alpha value is -1.36. The molecular formula is C17H20BrNO2. The minimum absolute atomic E-state index is 0.699. The van der Waals surface area contributed by atoms with E-state index in [1.54, 1.807) is 7.11 Å². The van der Waals surface area contributed by atoms with Gasteiger partial charge in [-0.1, -0.05) is 40.2 Å². The summed E-state index contributed by atoms with van der Waals surface area (Å²) in [6.45, 7) is 4.31. The molecule has 1 N–H and O–H groups in total. The van der Waals surface area contributed by atoms with Crippen LogP contribution in [0.5, 0.6) is 11.5 Å². The predicted molar refractivity (Wildman–Crippen MR) is 89.0 cm³/mol. The van der Waals surface area contributed by atoms with Crippen LogP contribution in [0, 0.1) is 6.92 Å². The Balaban J connectivity index is 2.13. The molecule has 0 saturated heterocycles. The standard InChI is InChI=1S/C17H20BrNO2/c1-13-5-3-4-6-16(13)21-17-11-15(18)8-7-14(17)12-19-9-10-20-2/h3-8,11,19H,9-10,12H2,1-2H3. The van der Waals surface area contributed by atoms with Crippen molar-refractivity contribution in [2.45, 2.75) is 13.5 Å². The lowest BCUT2D eigenvalue weighted by molar-refractivity contribution is 0.199. The van der Waals surface area contributed by atoms with Crippen molar-refractivity contribution >= 4 is 15.9 Å². The quantitative estimate of drug-likeness (QED) is 0.756. The van der Waals surface area contributed by atoms with E-state index < -0.39 is 0 Å². The first-order valence-electron chi connectivity index (χ1n) is 6.92. The largest absolute Gasteiger partial charge is 0.457 e. The van der Waals surface area contributed by atoms with Gasteiger partial charge in [0.2, 0.25) is 0 Å². The Labute approximate surface area is 134 Å². The highest BCUT2D eigenvalue weighted by Crippen LogP contribution is 2.30. The number of rotatable bonds is 7. The molecule has 0 spiro atoms. The number of hydrogen-bond donors (Lipinski definition) is 1. The molecule has 3 nitrogen and oxygen atoms in total. The molecule has 21 heavy (non-hydrogen) atoms. The third kappa shape index (κ3) is 4.84. The molecule has 0 aliphatic carbocycles. The molecule has 0 aliphatic rings. The van der Waals surface area contributed by atoms with E-state index >= 15 is 0 Å². The highest BCUT2D eigenvalue weighted by Gasteiger charge is 2.07. The first kappa shape index (κ1) is 16.0. The van der Waals surface area contributed by atoms with Crippen LogP contribution < -0.4 is 10.1 Å². The summed E-state index contributed by atoms with van der Waals surface area (Å²) >= 11 is 3.50. The Morgan fingerprint density at radius 1 is 1.10 bits per heavy atom. The van der Waals surface area contributed by atoms with Crippen molar-refractivity contribution in [1.82, 2.24) is 5.32 Å². The molecule has 112 valence electrons. The first-order chi connectivity index (χ1) is 10.2. The summed E-state index contributed by atoms with van der Waals surface area (Å²) in [5.41, 5.74) is 2.24. The van der Waals surface area contributed by atoms with Gasteiger partial charge in [0.05, 0.1) is 6.61 Å². The minimum Gasteiger partial charge on any atom is -0.457 e. The van der Waals surface area contributed by atoms with Crippen LogP contribution in [0.2, 0.25) is 0 Å². The van der Waals surface area contributed by atoms with Crippen LogP contribution in [0.4, 0.5) is 0 Å². The van der Waals surface area contributed by atoms with Gasteiger partial charge in [0.25, 0.3) is 0 Å². The molecule has 2 aromatic carbocycles. The average Bonchev–Trinajstić information content (AvgIpc) is 2.48. The van der Waals surface area contributed by atoms with Crippen molar-refractivity contribution in [3.05, 3.63) is 58.1 Å². The van der Waals surface area contributed by atoms with Gasteiger partial charge in [-0.3, -0.25) is 0 Å². The van der Waals surface area contributed by atoms with Gasteiger partial charge in [-0.2, -0.15) is 0 Å². The number of para-hydroxylation sites is 1. The zero-order valence-electron chi connectivity index (χ0n) is 12.4. The summed E-state index contributed by atoms with van der Waals surface area (Å²) in [7, 11) is 1.70. The Morgan fingerprint density at radius 2 is 1.90 bits per heavy atom. The fraction of sp³-hybridized carbons (Fsp3) is 0.294. The average molecular weight is 350 g/mol. The molecule has 0 saturated carbocycles. The smallest absolute Gasteiger partial charge is 0.133 e. The van der Waals surface area contributed by atoms with Crippen LogP contribution in [0.15, 0.2) is 46.9 Å². The third-order valence-electron chi connectivity index (χ3n) is 3.14. The van der Waals surface area contributed by atoms with E-state index in [2.05, 4.69) is 27.3 Å². The van der Waals surface area contributed by atoms with Gasteiger partial charge in [-0.05, 0) is 30.7 Å². The van der Waals surface area contributed by atoms with Crippen LogP contribution >= 0.6 is 15.9 Å². The molecule has 2 aromatic rings. The van der Waals surface area contributed by atoms with E-state index in [4.69, 9.17) is 9.47 Å². The molecule has 0 aromatic heterocycles. The van der Waals surface area contributed by atoms with Crippen LogP contribution in [0.25, 0.3) is 0 Å². The molecule has 0 amide bonds. The number of aryl methyl sites for hydroxylation is 1. The minimum atomic E-state index is 0.699. The normalized spacial score (nSPS) is 10.6. The number of benzene rings is 2. The Kier molecular flexibility index (Phi) is 6.23. The maximum Gasteiger partial charge on any atom is 0.133 e. The number of hydrogen-bond acceptors (Lipinski definition) is 3. The summed E-state index contributed by atoms with van der Waals surface area (Å²) in [5, 5.41) is 3.34. The van der Waals surface area contributed by atoms with Crippen LogP contribution in [-0.4, -0.2) is 20.3 Å². The lowest BCUT2D eigenvalue weighted by Crippen LogP contribution is -2.18. The molecule has 2 rings (SSSR count). The Bertz CT molecular complexity index is 587. The van der Waals surface area contributed by atoms with Gasteiger partial charge in [0.15, 0.2) is 0 Å². The SMILES string of the molecule is COCCNCc1ccc(Br)cc1Oc1ccccc1C. The molecule has 4 heteroatoms. The Morgan fingerprint density at radius 3 is 2.67 bits per heavy atom. The zero-order chi connectivity index (χ0) is 15.1. The van der Waals surface area contributed by atoms with Crippen molar-refractivity contribution in [3.63, 3.8) is 0 Å². The summed E-state index contributed by atoms with van der Waals surface area (Å²) in [6, 6.07) is 14.1. The van der Waals surface area contributed by atoms with Crippen molar-refractivity contribution in [1.29, 1.82) is 0 Å². The maximum atomic E-state index is 6.08. The molecule has 0 unspecified atom stereocenters. The molecular weight excluding hydrogens is 330 g/mol. The van der Waals surface area contributed by atoms with Gasteiger partial charge in [0, 0.05) is 30.2 Å². The van der Waals surface area contributed by atoms with E-state index in [1.807, 2.05) is 43.3 Å². The maximum absolute atomic E-state index is 6.08. The molecule has 0 heterocycles. The van der Waals surface area contributed by atoms with Gasteiger partial charge in [-0.15, -0.1) is 0 Å². The number of halogens is 1. The lowest BCUT2D eigenvalue weighted by atomic mass is 10.2. The lowest BCUT2D eigenvalue weighted by Gasteiger charge is -2.14. The summed E-state index contributed by atoms with van der Waals surface area (Å²) in [5.74, 6) is 1.75. The third-order valence-corrected chi connectivity index (χ3v) is 3.63. The summed E-state index contributed by atoms with van der Waals surface area (Å²) in [6.07, 6.45) is 0. The summed E-state index contributed by atoms with van der Waals surface area (Å²) < 4.78 is 12.1. The van der Waals surface area contributed by atoms with Crippen molar-refractivity contribution in [2.75, 3.05) is 20.3 Å². The second-order valence-corrected chi connectivity index (χ2v) is 5.70. The molecule has 0 fully saturated rings. The van der Waals surface area contributed by atoms with Crippen molar-refractivity contribution in [2.24, 2.45) is 0 Å². The highest BCUT2D eigenvalue weighted by atomic mass is 79.9. The number of nitrogens with one attached hydrogen (secondary N) is 1. The van der Waals surface area contributed by atoms with Gasteiger partial charge < -0.3 is 14.8 Å². The fourth-order valence-corrected chi connectivity index (χ4v) is 2.30. The fourth-order valence-electron chi connectivity index (χ4n) is 1.96. The van der Waals surface area contributed by atoms with Crippen LogP contribution in [0.1, 0.15) is 11.1 Å². The second-order valence-electron chi connectivity index (χ2n) is 4.79. The van der Waals surface area contributed by atoms with Gasteiger partial charge >= 0.3 is 0 Å². The number of ether oxygens (including phenoxy) is 2. The van der Waals surface area contributed by atoms with E-state index in [0.29, 0.717) is 6.61 Å². The van der Waals surface area contributed by atoms with Gasteiger partial charge in [-0.25, -0.2) is 0 Å². The summed E-state index contributed by atoms with van der Waals surface area (Å²) in [4.78, 5) is 0. The molecule has 0 radical (unpaired) electrons. The van der Waals surface area contributed by atoms with Crippen LogP contribution in [0.3, 0.4) is 0 Å². The van der Waals surface area contributed by atoms with E-state index in [1.165, 1.54) is 0 Å². The van der Waals surface area contributed by atoms with Crippen LogP contribution in [-0.2, 0) is 11.3 Å². The first-order valence-corrected chi connectivity index (χ1v) is 7.71. The highest BCUT2D eigenvalue weighted by molar-refractivity contribution is 9.10. The second kappa shape index (κ2) is 8.17. The topological polar surface area (TPSA) is 30.5 Å². The van der Waals surface area contributed by atoms with E-state index in [-0.39, 0.29) is 0 Å². The van der Waals surface area contributed by atoms with Crippen molar-refractivity contribution < 1.29 is 9.47 Å².